The Labute approximate surface area is 80.9 Å². The maximum Gasteiger partial charge on any atom is 0.0512 e. The fourth-order valence-electron chi connectivity index (χ4n) is 1.73. The zero-order valence-electron chi connectivity index (χ0n) is 8.55. The van der Waals surface area contributed by atoms with Crippen molar-refractivity contribution >= 4 is 0 Å². The summed E-state index contributed by atoms with van der Waals surface area (Å²) in [5.41, 5.74) is 0. The molecule has 3 nitrogen and oxygen atoms in total. The van der Waals surface area contributed by atoms with Crippen molar-refractivity contribution in [3.05, 3.63) is 0 Å². The minimum Gasteiger partial charge on any atom is -0.393 e. The zero-order chi connectivity index (χ0) is 9.52. The van der Waals surface area contributed by atoms with Crippen LogP contribution in [0.3, 0.4) is 0 Å². The molecular weight excluding hydrogens is 164 g/mol. The first-order valence-electron chi connectivity index (χ1n) is 5.41. The van der Waals surface area contributed by atoms with Crippen molar-refractivity contribution in [2.24, 2.45) is 0 Å². The lowest BCUT2D eigenvalue weighted by Gasteiger charge is -2.23. The van der Waals surface area contributed by atoms with Gasteiger partial charge in [0.1, 0.15) is 0 Å². The second-order valence-electron chi connectivity index (χ2n) is 3.99. The summed E-state index contributed by atoms with van der Waals surface area (Å²) in [6, 6.07) is 0.655. The monoisotopic (exact) mass is 186 g/mol. The Balaban J connectivity index is 1.92. The van der Waals surface area contributed by atoms with Crippen molar-refractivity contribution in [1.29, 1.82) is 0 Å². The Bertz CT molecular complexity index is 122. The molecule has 0 aliphatic carbocycles. The molecule has 1 aliphatic heterocycles. The number of nitrogens with one attached hydrogen (secondary N) is 2. The lowest BCUT2D eigenvalue weighted by atomic mass is 10.1. The van der Waals surface area contributed by atoms with Crippen LogP contribution < -0.4 is 10.6 Å². The molecule has 1 fully saturated rings. The first-order chi connectivity index (χ1) is 6.29. The summed E-state index contributed by atoms with van der Waals surface area (Å²) in [7, 11) is 0. The Hall–Kier alpha value is -0.120. The van der Waals surface area contributed by atoms with Crippen LogP contribution in [-0.4, -0.2) is 36.9 Å². The fourth-order valence-corrected chi connectivity index (χ4v) is 1.73. The molecule has 3 N–H and O–H groups in total. The number of aliphatic hydroxyl groups is 1. The average Bonchev–Trinajstić information content (AvgIpc) is 2.14. The summed E-state index contributed by atoms with van der Waals surface area (Å²) in [6.07, 6.45) is 4.42. The van der Waals surface area contributed by atoms with E-state index in [2.05, 4.69) is 10.6 Å². The number of piperidine rings is 1. The third kappa shape index (κ3) is 5.24. The fraction of sp³-hybridized carbons (Fsp3) is 1.00. The predicted octanol–water partition coefficient (Wildman–Crippen LogP) is 0.489. The van der Waals surface area contributed by atoms with Crippen LogP contribution in [0.5, 0.6) is 0 Å². The summed E-state index contributed by atoms with van der Waals surface area (Å²) in [6.45, 7) is 5.17. The van der Waals surface area contributed by atoms with Crippen LogP contribution in [0.4, 0.5) is 0 Å². The van der Waals surface area contributed by atoms with Gasteiger partial charge >= 0.3 is 0 Å². The largest absolute Gasteiger partial charge is 0.393 e. The van der Waals surface area contributed by atoms with Crippen LogP contribution in [0.2, 0.25) is 0 Å². The Morgan fingerprint density at radius 2 is 2.46 bits per heavy atom. The predicted molar refractivity (Wildman–Crippen MR) is 54.8 cm³/mol. The van der Waals surface area contributed by atoms with Gasteiger partial charge in [0.05, 0.1) is 6.10 Å². The third-order valence-corrected chi connectivity index (χ3v) is 2.53. The van der Waals surface area contributed by atoms with Crippen LogP contribution in [0.1, 0.15) is 32.6 Å². The van der Waals surface area contributed by atoms with E-state index in [4.69, 9.17) is 5.11 Å². The molecule has 1 rings (SSSR count). The molecule has 78 valence electrons. The first-order valence-corrected chi connectivity index (χ1v) is 5.41. The number of aliphatic hydroxyl groups excluding tert-OH is 1. The molecule has 0 amide bonds. The number of rotatable bonds is 5. The van der Waals surface area contributed by atoms with Gasteiger partial charge in [0.15, 0.2) is 0 Å². The lowest BCUT2D eigenvalue weighted by molar-refractivity contribution is 0.180. The van der Waals surface area contributed by atoms with Gasteiger partial charge in [-0.3, -0.25) is 0 Å². The molecule has 3 heteroatoms. The van der Waals surface area contributed by atoms with Crippen LogP contribution >= 0.6 is 0 Å². The van der Waals surface area contributed by atoms with E-state index in [1.165, 1.54) is 19.4 Å². The van der Waals surface area contributed by atoms with Gasteiger partial charge in [0.25, 0.3) is 0 Å². The second-order valence-corrected chi connectivity index (χ2v) is 3.99. The normalized spacial score (nSPS) is 25.8. The van der Waals surface area contributed by atoms with Gasteiger partial charge in [-0.2, -0.15) is 0 Å². The van der Waals surface area contributed by atoms with Crippen molar-refractivity contribution in [3.63, 3.8) is 0 Å². The van der Waals surface area contributed by atoms with Crippen LogP contribution in [0.25, 0.3) is 0 Å². The van der Waals surface area contributed by atoms with E-state index in [1.54, 1.807) is 0 Å². The van der Waals surface area contributed by atoms with E-state index in [1.807, 2.05) is 6.92 Å². The quantitative estimate of drug-likeness (QED) is 0.548. The summed E-state index contributed by atoms with van der Waals surface area (Å²) < 4.78 is 0. The molecule has 0 bridgehead atoms. The van der Waals surface area contributed by atoms with Crippen LogP contribution in [0, 0.1) is 0 Å². The molecule has 13 heavy (non-hydrogen) atoms. The highest BCUT2D eigenvalue weighted by atomic mass is 16.3. The van der Waals surface area contributed by atoms with Crippen molar-refractivity contribution < 1.29 is 5.11 Å². The minimum atomic E-state index is -0.147. The second kappa shape index (κ2) is 6.35. The molecule has 1 aliphatic rings. The summed E-state index contributed by atoms with van der Waals surface area (Å²) in [4.78, 5) is 0. The molecule has 1 heterocycles. The summed E-state index contributed by atoms with van der Waals surface area (Å²) in [5.74, 6) is 0. The Morgan fingerprint density at radius 1 is 1.62 bits per heavy atom. The molecule has 2 atom stereocenters. The molecule has 0 aromatic heterocycles. The van der Waals surface area contributed by atoms with Crippen molar-refractivity contribution in [1.82, 2.24) is 10.6 Å². The van der Waals surface area contributed by atoms with Gasteiger partial charge in [-0.1, -0.05) is 0 Å². The summed E-state index contributed by atoms with van der Waals surface area (Å²) >= 11 is 0. The lowest BCUT2D eigenvalue weighted by Crippen LogP contribution is -2.43. The van der Waals surface area contributed by atoms with Gasteiger partial charge in [0.2, 0.25) is 0 Å². The van der Waals surface area contributed by atoms with E-state index < -0.39 is 0 Å². The maximum absolute atomic E-state index is 9.05. The zero-order valence-corrected chi connectivity index (χ0v) is 8.55. The van der Waals surface area contributed by atoms with E-state index in [-0.39, 0.29) is 6.10 Å². The maximum atomic E-state index is 9.05. The Kier molecular flexibility index (Phi) is 5.35. The van der Waals surface area contributed by atoms with Crippen molar-refractivity contribution in [3.8, 4) is 0 Å². The molecular formula is C10H22N2O. The average molecular weight is 186 g/mol. The molecule has 0 saturated carbocycles. The van der Waals surface area contributed by atoms with Gasteiger partial charge in [-0.15, -0.1) is 0 Å². The third-order valence-electron chi connectivity index (χ3n) is 2.53. The number of hydrogen-bond acceptors (Lipinski definition) is 3. The van der Waals surface area contributed by atoms with Crippen LogP contribution in [0.15, 0.2) is 0 Å². The first kappa shape index (κ1) is 11.0. The molecule has 0 aromatic carbocycles. The van der Waals surface area contributed by atoms with Crippen molar-refractivity contribution in [2.75, 3.05) is 19.6 Å². The highest BCUT2D eigenvalue weighted by Gasteiger charge is 2.10. The van der Waals surface area contributed by atoms with Crippen molar-refractivity contribution in [2.45, 2.75) is 44.8 Å². The molecule has 2 unspecified atom stereocenters. The van der Waals surface area contributed by atoms with E-state index in [0.29, 0.717) is 6.04 Å². The molecule has 0 aromatic rings. The summed E-state index contributed by atoms with van der Waals surface area (Å²) in [5, 5.41) is 15.9. The number of hydrogen-bond donors (Lipinski definition) is 3. The molecule has 0 radical (unpaired) electrons. The highest BCUT2D eigenvalue weighted by molar-refractivity contribution is 4.74. The van der Waals surface area contributed by atoms with Gasteiger partial charge in [0, 0.05) is 12.6 Å². The van der Waals surface area contributed by atoms with E-state index >= 15 is 0 Å². The topological polar surface area (TPSA) is 44.3 Å². The smallest absolute Gasteiger partial charge is 0.0512 e. The molecule has 1 saturated heterocycles. The standard InChI is InChI=1S/C10H22N2O/c1-9(13)4-2-7-12-10-5-3-6-11-8-10/h9-13H,2-8H2,1H3. The van der Waals surface area contributed by atoms with E-state index in [0.717, 1.165) is 25.9 Å². The van der Waals surface area contributed by atoms with Gasteiger partial charge in [-0.05, 0) is 45.7 Å². The van der Waals surface area contributed by atoms with Gasteiger partial charge < -0.3 is 15.7 Å². The van der Waals surface area contributed by atoms with Gasteiger partial charge in [-0.25, -0.2) is 0 Å². The van der Waals surface area contributed by atoms with E-state index in [9.17, 15) is 0 Å². The minimum absolute atomic E-state index is 0.147. The molecule has 0 spiro atoms. The Morgan fingerprint density at radius 3 is 3.08 bits per heavy atom. The van der Waals surface area contributed by atoms with Crippen LogP contribution in [-0.2, 0) is 0 Å². The SMILES string of the molecule is CC(O)CCCNC1CCCNC1. The highest BCUT2D eigenvalue weighted by Crippen LogP contribution is 2.01.